The Morgan fingerprint density at radius 3 is 2.00 bits per heavy atom. The molecule has 1 aromatic rings. The number of carbonyl (C=O) groups is 2. The predicted molar refractivity (Wildman–Crippen MR) is 109 cm³/mol. The lowest BCUT2D eigenvalue weighted by Gasteiger charge is -2.30. The number of hydrogen-bond donors (Lipinski definition) is 1. The number of fused-ring (bicyclic) bond motifs is 1. The Morgan fingerprint density at radius 1 is 0.929 bits per heavy atom. The van der Waals surface area contributed by atoms with E-state index in [0.29, 0.717) is 13.1 Å². The smallest absolute Gasteiger partial charge is 0.246 e. The van der Waals surface area contributed by atoms with E-state index in [1.165, 1.54) is 6.07 Å². The third-order valence-electron chi connectivity index (χ3n) is 5.58. The minimum atomic E-state index is -4.12. The maximum Gasteiger partial charge on any atom is 0.246 e. The zero-order chi connectivity index (χ0) is 20.3. The second kappa shape index (κ2) is 8.57. The summed E-state index contributed by atoms with van der Waals surface area (Å²) in [5.74, 6) is -1.00. The van der Waals surface area contributed by atoms with E-state index in [-0.39, 0.29) is 22.9 Å². The van der Waals surface area contributed by atoms with Crippen molar-refractivity contribution in [2.75, 3.05) is 13.1 Å². The quantitative estimate of drug-likeness (QED) is 0.736. The lowest BCUT2D eigenvalue weighted by atomic mass is 9.92. The SMILES string of the molecule is CCN(CC)C1=C(S(=O)(=O)NC2CCCCCC2)C(=O)c2ccccc2C1=O. The molecule has 0 aliphatic heterocycles. The molecule has 0 spiro atoms. The number of nitrogens with one attached hydrogen (secondary N) is 1. The molecule has 7 heteroatoms. The molecule has 0 amide bonds. The summed E-state index contributed by atoms with van der Waals surface area (Å²) in [4.78, 5) is 27.7. The molecule has 2 aliphatic rings. The minimum Gasteiger partial charge on any atom is -0.368 e. The van der Waals surface area contributed by atoms with Crippen LogP contribution in [0.4, 0.5) is 0 Å². The molecule has 152 valence electrons. The van der Waals surface area contributed by atoms with Crippen molar-refractivity contribution in [2.24, 2.45) is 0 Å². The van der Waals surface area contributed by atoms with Gasteiger partial charge in [-0.2, -0.15) is 0 Å². The van der Waals surface area contributed by atoms with Gasteiger partial charge >= 0.3 is 0 Å². The van der Waals surface area contributed by atoms with Crippen LogP contribution in [0.15, 0.2) is 34.9 Å². The summed E-state index contributed by atoms with van der Waals surface area (Å²) in [5.41, 5.74) is 0.419. The lowest BCUT2D eigenvalue weighted by molar-refractivity contribution is 0.0949. The molecule has 0 bridgehead atoms. The van der Waals surface area contributed by atoms with Crippen LogP contribution in [0.2, 0.25) is 0 Å². The minimum absolute atomic E-state index is 0.00479. The van der Waals surface area contributed by atoms with Crippen LogP contribution >= 0.6 is 0 Å². The van der Waals surface area contributed by atoms with Crippen molar-refractivity contribution < 1.29 is 18.0 Å². The van der Waals surface area contributed by atoms with Gasteiger partial charge in [0.05, 0.1) is 0 Å². The Kier molecular flexibility index (Phi) is 6.35. The third-order valence-corrected chi connectivity index (χ3v) is 7.14. The molecule has 0 atom stereocenters. The number of carbonyl (C=O) groups excluding carboxylic acids is 2. The van der Waals surface area contributed by atoms with Gasteiger partial charge in [0.2, 0.25) is 21.6 Å². The number of allylic oxidation sites excluding steroid dienone is 2. The van der Waals surface area contributed by atoms with Crippen LogP contribution in [0.5, 0.6) is 0 Å². The van der Waals surface area contributed by atoms with Crippen molar-refractivity contribution in [3.05, 3.63) is 46.0 Å². The summed E-state index contributed by atoms with van der Waals surface area (Å²) in [6, 6.07) is 6.25. The molecule has 6 nitrogen and oxygen atoms in total. The van der Waals surface area contributed by atoms with E-state index < -0.39 is 26.5 Å². The maximum absolute atomic E-state index is 13.3. The van der Waals surface area contributed by atoms with Gasteiger partial charge in [0.25, 0.3) is 0 Å². The molecule has 1 N–H and O–H groups in total. The first kappa shape index (κ1) is 20.7. The fourth-order valence-corrected chi connectivity index (χ4v) is 5.71. The zero-order valence-electron chi connectivity index (χ0n) is 16.5. The van der Waals surface area contributed by atoms with E-state index in [4.69, 9.17) is 0 Å². The van der Waals surface area contributed by atoms with Gasteiger partial charge in [-0.05, 0) is 26.7 Å². The number of benzene rings is 1. The monoisotopic (exact) mass is 404 g/mol. The summed E-state index contributed by atoms with van der Waals surface area (Å²) >= 11 is 0. The van der Waals surface area contributed by atoms with Crippen molar-refractivity contribution in [1.82, 2.24) is 9.62 Å². The van der Waals surface area contributed by atoms with E-state index in [2.05, 4.69) is 4.72 Å². The van der Waals surface area contributed by atoms with E-state index >= 15 is 0 Å². The fraction of sp³-hybridized carbons (Fsp3) is 0.524. The normalized spacial score (nSPS) is 18.8. The molecule has 1 saturated carbocycles. The number of hydrogen-bond acceptors (Lipinski definition) is 5. The molecule has 3 rings (SSSR count). The molecule has 0 saturated heterocycles. The third kappa shape index (κ3) is 3.91. The Balaban J connectivity index is 2.10. The van der Waals surface area contributed by atoms with Crippen LogP contribution < -0.4 is 4.72 Å². The molecule has 1 aromatic carbocycles. The van der Waals surface area contributed by atoms with Gasteiger partial charge in [-0.1, -0.05) is 49.9 Å². The number of rotatable bonds is 6. The topological polar surface area (TPSA) is 83.6 Å². The van der Waals surface area contributed by atoms with Crippen molar-refractivity contribution >= 4 is 21.6 Å². The Hall–Kier alpha value is -1.99. The van der Waals surface area contributed by atoms with Gasteiger partial charge in [0, 0.05) is 30.3 Å². The van der Waals surface area contributed by atoms with E-state index in [9.17, 15) is 18.0 Å². The highest BCUT2D eigenvalue weighted by Gasteiger charge is 2.41. The second-order valence-corrected chi connectivity index (χ2v) is 9.01. The number of sulfonamides is 1. The van der Waals surface area contributed by atoms with Crippen LogP contribution in [0.3, 0.4) is 0 Å². The van der Waals surface area contributed by atoms with Crippen LogP contribution in [0.1, 0.15) is 73.1 Å². The van der Waals surface area contributed by atoms with Gasteiger partial charge in [-0.3, -0.25) is 9.59 Å². The van der Waals surface area contributed by atoms with Gasteiger partial charge < -0.3 is 4.90 Å². The number of ketones is 2. The Bertz CT molecular complexity index is 893. The van der Waals surface area contributed by atoms with E-state index in [0.717, 1.165) is 38.5 Å². The summed E-state index contributed by atoms with van der Waals surface area (Å²) in [6.45, 7) is 4.57. The number of likely N-dealkylation sites (N-methyl/N-ethyl adjacent to an activating group) is 1. The highest BCUT2D eigenvalue weighted by molar-refractivity contribution is 7.94. The predicted octanol–water partition coefficient (Wildman–Crippen LogP) is 3.26. The standard InChI is InChI=1S/C21H28N2O4S/c1-3-23(4-2)18-19(24)16-13-9-10-14-17(16)20(25)21(18)28(26,27)22-15-11-7-5-6-8-12-15/h9-10,13-15,22H,3-8,11-12H2,1-2H3. The van der Waals surface area contributed by atoms with Crippen LogP contribution in [-0.2, 0) is 10.0 Å². The van der Waals surface area contributed by atoms with Crippen molar-refractivity contribution in [3.63, 3.8) is 0 Å². The highest BCUT2D eigenvalue weighted by Crippen LogP contribution is 2.31. The first-order valence-corrected chi connectivity index (χ1v) is 11.6. The molecule has 28 heavy (non-hydrogen) atoms. The second-order valence-electron chi connectivity index (χ2n) is 7.36. The number of nitrogens with zero attached hydrogens (tertiary/aromatic N) is 1. The van der Waals surface area contributed by atoms with Gasteiger partial charge in [-0.15, -0.1) is 0 Å². The van der Waals surface area contributed by atoms with Gasteiger partial charge in [0.1, 0.15) is 5.70 Å². The molecule has 0 aromatic heterocycles. The van der Waals surface area contributed by atoms with Crippen molar-refractivity contribution in [3.8, 4) is 0 Å². The summed E-state index contributed by atoms with van der Waals surface area (Å²) in [5, 5.41) is 0. The molecule has 0 unspecified atom stereocenters. The Morgan fingerprint density at radius 2 is 1.46 bits per heavy atom. The molecule has 0 radical (unpaired) electrons. The van der Waals surface area contributed by atoms with Crippen molar-refractivity contribution in [2.45, 2.75) is 58.4 Å². The van der Waals surface area contributed by atoms with Gasteiger partial charge in [-0.25, -0.2) is 13.1 Å². The van der Waals surface area contributed by atoms with Crippen LogP contribution in [0, 0.1) is 0 Å². The summed E-state index contributed by atoms with van der Waals surface area (Å²) in [7, 11) is -4.12. The first-order chi connectivity index (χ1) is 13.4. The fourth-order valence-electron chi connectivity index (χ4n) is 4.09. The summed E-state index contributed by atoms with van der Waals surface area (Å²) in [6.07, 6.45) is 5.63. The zero-order valence-corrected chi connectivity index (χ0v) is 17.3. The van der Waals surface area contributed by atoms with Crippen LogP contribution in [0.25, 0.3) is 0 Å². The van der Waals surface area contributed by atoms with Gasteiger partial charge in [0.15, 0.2) is 4.91 Å². The van der Waals surface area contributed by atoms with Crippen LogP contribution in [-0.4, -0.2) is 44.0 Å². The largest absolute Gasteiger partial charge is 0.368 e. The molecule has 0 heterocycles. The van der Waals surface area contributed by atoms with E-state index in [1.54, 1.807) is 23.1 Å². The summed E-state index contributed by atoms with van der Waals surface area (Å²) < 4.78 is 29.4. The molecule has 1 fully saturated rings. The lowest BCUT2D eigenvalue weighted by Crippen LogP contribution is -2.42. The molecular weight excluding hydrogens is 376 g/mol. The number of Topliss-reactive ketones (excluding diaryl/α,β-unsaturated/α-hetero) is 2. The highest BCUT2D eigenvalue weighted by atomic mass is 32.2. The van der Waals surface area contributed by atoms with E-state index in [1.807, 2.05) is 13.8 Å². The van der Waals surface area contributed by atoms with Crippen molar-refractivity contribution in [1.29, 1.82) is 0 Å². The maximum atomic E-state index is 13.3. The molecular formula is C21H28N2O4S. The Labute approximate surface area is 167 Å². The first-order valence-electron chi connectivity index (χ1n) is 10.1. The average molecular weight is 405 g/mol. The average Bonchev–Trinajstić information content (AvgIpc) is 2.94. The molecule has 2 aliphatic carbocycles.